The summed E-state index contributed by atoms with van der Waals surface area (Å²) in [6.45, 7) is 0. The van der Waals surface area contributed by atoms with Gasteiger partial charge in [-0.2, -0.15) is 0 Å². The first kappa shape index (κ1) is 10.6. The predicted molar refractivity (Wildman–Crippen MR) is 55.5 cm³/mol. The smallest absolute Gasteiger partial charge is 0.339 e. The van der Waals surface area contributed by atoms with Gasteiger partial charge in [0, 0.05) is 19.8 Å². The number of ether oxygens (including phenoxy) is 1. The second-order valence-corrected chi connectivity index (χ2v) is 4.77. The zero-order valence-electron chi connectivity index (χ0n) is 8.47. The van der Waals surface area contributed by atoms with E-state index in [1.807, 2.05) is 18.2 Å². The average molecular weight is 226 g/mol. The van der Waals surface area contributed by atoms with Crippen LogP contribution < -0.4 is 0 Å². The molecule has 0 aliphatic carbocycles. The van der Waals surface area contributed by atoms with Crippen molar-refractivity contribution in [3.05, 3.63) is 35.4 Å². The van der Waals surface area contributed by atoms with Gasteiger partial charge in [-0.25, -0.2) is 4.79 Å². The molecular formula is C10H11O4P. The van der Waals surface area contributed by atoms with Gasteiger partial charge in [0.25, 0.3) is 0 Å². The van der Waals surface area contributed by atoms with Crippen LogP contribution in [0, 0.1) is 0 Å². The van der Waals surface area contributed by atoms with Crippen LogP contribution in [0.4, 0.5) is 0 Å². The fraction of sp³-hybridized carbons (Fsp3) is 0.300. The Labute approximate surface area is 89.1 Å². The van der Waals surface area contributed by atoms with Crippen molar-refractivity contribution >= 4 is 14.3 Å². The standard InChI is InChI=1S/C10H11O4P/c1-12-15(13-2)10-8-6-4-3-5-7(8)9(11)14-10/h3-6,10H,1-2H3. The molecule has 0 fully saturated rings. The van der Waals surface area contributed by atoms with Crippen LogP contribution in [0.3, 0.4) is 0 Å². The number of benzene rings is 1. The van der Waals surface area contributed by atoms with E-state index >= 15 is 0 Å². The first-order valence-electron chi connectivity index (χ1n) is 4.45. The van der Waals surface area contributed by atoms with Crippen molar-refractivity contribution < 1.29 is 18.6 Å². The molecule has 15 heavy (non-hydrogen) atoms. The van der Waals surface area contributed by atoms with E-state index in [4.69, 9.17) is 13.8 Å². The van der Waals surface area contributed by atoms with Gasteiger partial charge in [-0.1, -0.05) is 18.2 Å². The minimum atomic E-state index is -1.21. The number of esters is 1. The molecule has 1 aromatic carbocycles. The van der Waals surface area contributed by atoms with Crippen molar-refractivity contribution in [2.24, 2.45) is 0 Å². The van der Waals surface area contributed by atoms with E-state index in [1.54, 1.807) is 20.3 Å². The number of hydrogen-bond donors (Lipinski definition) is 0. The molecule has 1 aliphatic rings. The number of hydrogen-bond acceptors (Lipinski definition) is 4. The third-order valence-electron chi connectivity index (χ3n) is 2.22. The van der Waals surface area contributed by atoms with Gasteiger partial charge in [-0.15, -0.1) is 0 Å². The molecule has 5 heteroatoms. The largest absolute Gasteiger partial charge is 0.444 e. The van der Waals surface area contributed by atoms with Crippen LogP contribution in [0.5, 0.6) is 0 Å². The monoisotopic (exact) mass is 226 g/mol. The first-order chi connectivity index (χ1) is 7.27. The summed E-state index contributed by atoms with van der Waals surface area (Å²) < 4.78 is 15.5. The maximum absolute atomic E-state index is 11.5. The highest BCUT2D eigenvalue weighted by Crippen LogP contribution is 2.55. The highest BCUT2D eigenvalue weighted by atomic mass is 31.2. The molecule has 1 unspecified atom stereocenters. The van der Waals surface area contributed by atoms with E-state index < -0.39 is 14.2 Å². The second-order valence-electron chi connectivity index (χ2n) is 3.00. The normalized spacial score (nSPS) is 19.1. The number of fused-ring (bicyclic) bond motifs is 1. The third-order valence-corrected chi connectivity index (χ3v) is 3.70. The second kappa shape index (κ2) is 4.27. The Morgan fingerprint density at radius 2 is 1.93 bits per heavy atom. The summed E-state index contributed by atoms with van der Waals surface area (Å²) in [4.78, 5) is 11.5. The zero-order valence-corrected chi connectivity index (χ0v) is 9.36. The molecule has 0 radical (unpaired) electrons. The highest BCUT2D eigenvalue weighted by molar-refractivity contribution is 7.47. The van der Waals surface area contributed by atoms with Gasteiger partial charge in [-0.05, 0) is 6.07 Å². The first-order valence-corrected chi connectivity index (χ1v) is 5.70. The minimum Gasteiger partial charge on any atom is -0.444 e. The number of cyclic esters (lactones) is 1. The zero-order chi connectivity index (χ0) is 10.8. The van der Waals surface area contributed by atoms with Gasteiger partial charge in [0.1, 0.15) is 0 Å². The Morgan fingerprint density at radius 3 is 2.60 bits per heavy atom. The van der Waals surface area contributed by atoms with Crippen LogP contribution in [-0.2, 0) is 13.8 Å². The van der Waals surface area contributed by atoms with Crippen LogP contribution in [0.2, 0.25) is 0 Å². The lowest BCUT2D eigenvalue weighted by atomic mass is 10.1. The Hall–Kier alpha value is -0.960. The molecule has 0 bridgehead atoms. The van der Waals surface area contributed by atoms with Crippen molar-refractivity contribution in [2.75, 3.05) is 14.2 Å². The summed E-state index contributed by atoms with van der Waals surface area (Å²) in [5.41, 5.74) is 1.45. The van der Waals surface area contributed by atoms with E-state index in [9.17, 15) is 4.79 Å². The van der Waals surface area contributed by atoms with Crippen molar-refractivity contribution in [3.63, 3.8) is 0 Å². The van der Waals surface area contributed by atoms with Crippen LogP contribution in [0.25, 0.3) is 0 Å². The average Bonchev–Trinajstić information content (AvgIpc) is 2.60. The third kappa shape index (κ3) is 1.76. The molecule has 0 spiro atoms. The van der Waals surface area contributed by atoms with E-state index in [2.05, 4.69) is 0 Å². The number of carbonyl (C=O) groups excluding carboxylic acids is 1. The summed E-state index contributed by atoms with van der Waals surface area (Å²) in [5.74, 6) is -0.712. The summed E-state index contributed by atoms with van der Waals surface area (Å²) in [6.07, 6.45) is 0. The minimum absolute atomic E-state index is 0.308. The number of carbonyl (C=O) groups is 1. The van der Waals surface area contributed by atoms with Crippen molar-refractivity contribution in [3.8, 4) is 0 Å². The molecule has 1 aromatic rings. The molecule has 0 saturated carbocycles. The van der Waals surface area contributed by atoms with Crippen LogP contribution in [-0.4, -0.2) is 20.2 Å². The molecule has 1 aliphatic heterocycles. The summed E-state index contributed by atoms with van der Waals surface area (Å²) in [7, 11) is 1.88. The van der Waals surface area contributed by atoms with E-state index in [0.29, 0.717) is 5.56 Å². The fourth-order valence-electron chi connectivity index (χ4n) is 1.55. The fourth-order valence-corrected chi connectivity index (χ4v) is 2.72. The topological polar surface area (TPSA) is 44.8 Å². The van der Waals surface area contributed by atoms with Gasteiger partial charge in [0.05, 0.1) is 5.56 Å². The molecule has 80 valence electrons. The maximum atomic E-state index is 11.5. The molecule has 0 N–H and O–H groups in total. The summed E-state index contributed by atoms with van der Waals surface area (Å²) in [6, 6.07) is 7.28. The Kier molecular flexibility index (Phi) is 3.00. The van der Waals surface area contributed by atoms with Crippen LogP contribution in [0.1, 0.15) is 21.8 Å². The quantitative estimate of drug-likeness (QED) is 0.586. The Bertz CT molecular complexity index is 375. The molecule has 0 saturated heterocycles. The summed E-state index contributed by atoms with van der Waals surface area (Å²) in [5, 5.41) is 0. The SMILES string of the molecule is COP(OC)C1OC(=O)c2ccccc21. The van der Waals surface area contributed by atoms with E-state index in [1.165, 1.54) is 0 Å². The van der Waals surface area contributed by atoms with Crippen LogP contribution >= 0.6 is 8.38 Å². The van der Waals surface area contributed by atoms with Crippen LogP contribution in [0.15, 0.2) is 24.3 Å². The summed E-state index contributed by atoms with van der Waals surface area (Å²) >= 11 is 0. The lowest BCUT2D eigenvalue weighted by Crippen LogP contribution is -1.99. The Morgan fingerprint density at radius 1 is 1.27 bits per heavy atom. The highest BCUT2D eigenvalue weighted by Gasteiger charge is 2.37. The van der Waals surface area contributed by atoms with Gasteiger partial charge in [-0.3, -0.25) is 0 Å². The Balaban J connectivity index is 2.35. The van der Waals surface area contributed by atoms with Crippen molar-refractivity contribution in [1.82, 2.24) is 0 Å². The predicted octanol–water partition coefficient (Wildman–Crippen LogP) is 2.46. The number of rotatable bonds is 3. The van der Waals surface area contributed by atoms with E-state index in [-0.39, 0.29) is 5.97 Å². The molecule has 0 amide bonds. The molecule has 2 rings (SSSR count). The van der Waals surface area contributed by atoms with Crippen molar-refractivity contribution in [1.29, 1.82) is 0 Å². The van der Waals surface area contributed by atoms with Crippen molar-refractivity contribution in [2.45, 2.75) is 5.85 Å². The van der Waals surface area contributed by atoms with E-state index in [0.717, 1.165) is 5.56 Å². The molecule has 1 atom stereocenters. The van der Waals surface area contributed by atoms with Gasteiger partial charge in [0.2, 0.25) is 8.38 Å². The van der Waals surface area contributed by atoms with Gasteiger partial charge >= 0.3 is 5.97 Å². The lowest BCUT2D eigenvalue weighted by Gasteiger charge is -2.18. The molecular weight excluding hydrogens is 215 g/mol. The maximum Gasteiger partial charge on any atom is 0.339 e. The molecule has 0 aromatic heterocycles. The molecule has 1 heterocycles. The van der Waals surface area contributed by atoms with Gasteiger partial charge in [0.15, 0.2) is 5.85 Å². The molecule has 4 nitrogen and oxygen atoms in total. The van der Waals surface area contributed by atoms with Gasteiger partial charge < -0.3 is 13.8 Å². The lowest BCUT2D eigenvalue weighted by molar-refractivity contribution is 0.0482.